The monoisotopic (exact) mass is 382 g/mol. The van der Waals surface area contributed by atoms with Crippen molar-refractivity contribution in [2.75, 3.05) is 0 Å². The number of aliphatic hydroxyl groups is 1. The highest BCUT2D eigenvalue weighted by molar-refractivity contribution is 5.08. The van der Waals surface area contributed by atoms with E-state index >= 15 is 0 Å². The zero-order chi connectivity index (χ0) is 20.5. The Morgan fingerprint density at radius 1 is 0.852 bits per heavy atom. The molecule has 0 aromatic heterocycles. The van der Waals surface area contributed by atoms with E-state index in [1.807, 2.05) is 20.8 Å². The number of hydrogen-bond donors (Lipinski definition) is 1. The zero-order valence-corrected chi connectivity index (χ0v) is 19.3. The molecule has 4 aliphatic rings. The van der Waals surface area contributed by atoms with Crippen LogP contribution < -0.4 is 0 Å². The lowest BCUT2D eigenvalue weighted by Gasteiger charge is -2.61. The number of rotatable bonds is 0. The molecule has 0 aliphatic heterocycles. The van der Waals surface area contributed by atoms with E-state index in [1.165, 1.54) is 44.9 Å². The molecule has 1 nitrogen and oxygen atoms in total. The summed E-state index contributed by atoms with van der Waals surface area (Å²) in [6.45, 7) is 14.4. The van der Waals surface area contributed by atoms with Crippen LogP contribution >= 0.6 is 0 Å². The number of fused-ring (bicyclic) bond motifs is 5. The zero-order valence-electron chi connectivity index (χ0n) is 19.3. The van der Waals surface area contributed by atoms with Crippen LogP contribution in [-0.4, -0.2) is 16.9 Å². The van der Waals surface area contributed by atoms with Gasteiger partial charge in [0.15, 0.2) is 0 Å². The first-order valence-corrected chi connectivity index (χ1v) is 11.9. The Hall–Kier alpha value is -0.110. The summed E-state index contributed by atoms with van der Waals surface area (Å²) in [6.07, 6.45) is 12.7. The molecule has 0 saturated heterocycles. The lowest BCUT2D eigenvalue weighted by atomic mass is 9.44. The molecule has 0 amide bonds. The summed E-state index contributed by atoms with van der Waals surface area (Å²) in [5.74, 6) is 3.53. The van der Waals surface area contributed by atoms with Crippen LogP contribution in [0.1, 0.15) is 113 Å². The molecule has 4 fully saturated rings. The first-order chi connectivity index (χ1) is 12.6. The van der Waals surface area contributed by atoms with E-state index in [1.54, 1.807) is 13.8 Å². The van der Waals surface area contributed by atoms with Crippen LogP contribution in [0.2, 0.25) is 0 Å². The fraction of sp³-hybridized carbons (Fsp3) is 1.00. The van der Waals surface area contributed by atoms with Crippen LogP contribution in [0.25, 0.3) is 0 Å². The van der Waals surface area contributed by atoms with Crippen molar-refractivity contribution in [3.05, 3.63) is 0 Å². The molecular formula is C25H47FO. The van der Waals surface area contributed by atoms with E-state index < -0.39 is 5.67 Å². The smallest absolute Gasteiger partial charge is 0.108 e. The third-order valence-electron chi connectivity index (χ3n) is 8.70. The molecule has 0 aromatic rings. The lowest BCUT2D eigenvalue weighted by molar-refractivity contribution is -0.126. The molecule has 4 rings (SSSR count). The van der Waals surface area contributed by atoms with Gasteiger partial charge in [0.2, 0.25) is 0 Å². The predicted octanol–water partition coefficient (Wildman–Crippen LogP) is 7.56. The third-order valence-corrected chi connectivity index (χ3v) is 8.70. The number of hydrogen-bond acceptors (Lipinski definition) is 1. The van der Waals surface area contributed by atoms with Crippen LogP contribution in [0.15, 0.2) is 0 Å². The molecule has 4 saturated carbocycles. The SMILES string of the molecule is CC.CC(C)O.CC1(F)CCC2(C)[C@@H](CCC3[C@@H]4CCCC4(C)CC[C@@H]32)C1. The minimum Gasteiger partial charge on any atom is -0.394 e. The van der Waals surface area contributed by atoms with Crippen molar-refractivity contribution in [2.24, 2.45) is 34.5 Å². The summed E-state index contributed by atoms with van der Waals surface area (Å²) >= 11 is 0. The van der Waals surface area contributed by atoms with Gasteiger partial charge in [-0.2, -0.15) is 0 Å². The van der Waals surface area contributed by atoms with Gasteiger partial charge in [-0.15, -0.1) is 0 Å². The van der Waals surface area contributed by atoms with Gasteiger partial charge in [0.05, 0.1) is 0 Å². The van der Waals surface area contributed by atoms with Crippen molar-refractivity contribution >= 4 is 0 Å². The maximum atomic E-state index is 14.5. The largest absolute Gasteiger partial charge is 0.394 e. The van der Waals surface area contributed by atoms with Gasteiger partial charge in [0.25, 0.3) is 0 Å². The molecule has 7 atom stereocenters. The average Bonchev–Trinajstić information content (AvgIpc) is 2.98. The molecule has 0 aromatic carbocycles. The van der Waals surface area contributed by atoms with E-state index in [9.17, 15) is 4.39 Å². The van der Waals surface area contributed by atoms with Gasteiger partial charge < -0.3 is 5.11 Å². The minimum atomic E-state index is -0.881. The minimum absolute atomic E-state index is 0.167. The summed E-state index contributed by atoms with van der Waals surface area (Å²) in [5, 5.41) is 8.06. The number of halogens is 1. The summed E-state index contributed by atoms with van der Waals surface area (Å²) < 4.78 is 14.5. The summed E-state index contributed by atoms with van der Waals surface area (Å²) in [4.78, 5) is 0. The first-order valence-electron chi connectivity index (χ1n) is 11.9. The van der Waals surface area contributed by atoms with E-state index in [0.29, 0.717) is 16.7 Å². The van der Waals surface area contributed by atoms with Crippen molar-refractivity contribution in [3.8, 4) is 0 Å². The van der Waals surface area contributed by atoms with Gasteiger partial charge in [-0.3, -0.25) is 0 Å². The molecule has 0 bridgehead atoms. The Labute approximate surface area is 168 Å². The average molecular weight is 383 g/mol. The highest BCUT2D eigenvalue weighted by Gasteiger charge is 2.58. The van der Waals surface area contributed by atoms with Crippen molar-refractivity contribution in [1.82, 2.24) is 0 Å². The standard InChI is InChI=1S/C20H33F.C3H8O.C2H6/c1-18-9-4-5-16(18)15-7-6-14-13-19(2,21)11-12-20(14,3)17(15)8-10-18;1-3(2)4;1-2/h14-17H,4-13H2,1-3H3;3-4H,1-2H3;1-2H3/t14-,15?,16-,17-,18?,19?,20?;;/m0../s1. The summed E-state index contributed by atoms with van der Waals surface area (Å²) in [7, 11) is 0. The van der Waals surface area contributed by atoms with E-state index in [0.717, 1.165) is 37.0 Å². The van der Waals surface area contributed by atoms with Gasteiger partial charge >= 0.3 is 0 Å². The van der Waals surface area contributed by atoms with Gasteiger partial charge in [-0.25, -0.2) is 4.39 Å². The van der Waals surface area contributed by atoms with Gasteiger partial charge in [-0.05, 0) is 113 Å². The Balaban J connectivity index is 0.000000389. The van der Waals surface area contributed by atoms with Crippen LogP contribution in [0.4, 0.5) is 4.39 Å². The van der Waals surface area contributed by atoms with Crippen molar-refractivity contribution in [1.29, 1.82) is 0 Å². The van der Waals surface area contributed by atoms with Crippen molar-refractivity contribution in [2.45, 2.75) is 124 Å². The van der Waals surface area contributed by atoms with Gasteiger partial charge in [0, 0.05) is 6.10 Å². The summed E-state index contributed by atoms with van der Waals surface area (Å²) in [5.41, 5.74) is 0.236. The second-order valence-electron chi connectivity index (χ2n) is 11.0. The molecule has 0 heterocycles. The Morgan fingerprint density at radius 2 is 1.48 bits per heavy atom. The fourth-order valence-electron chi connectivity index (χ4n) is 7.40. The Kier molecular flexibility index (Phi) is 7.48. The molecule has 27 heavy (non-hydrogen) atoms. The number of aliphatic hydroxyl groups excluding tert-OH is 1. The predicted molar refractivity (Wildman–Crippen MR) is 115 cm³/mol. The van der Waals surface area contributed by atoms with Crippen LogP contribution in [-0.2, 0) is 0 Å². The second-order valence-corrected chi connectivity index (χ2v) is 11.0. The molecule has 1 N–H and O–H groups in total. The quantitative estimate of drug-likeness (QED) is 0.458. The molecule has 4 unspecified atom stereocenters. The molecule has 2 heteroatoms. The first kappa shape index (κ1) is 23.2. The normalized spacial score (nSPS) is 48.2. The maximum Gasteiger partial charge on any atom is 0.108 e. The second kappa shape index (κ2) is 8.72. The molecule has 0 spiro atoms. The molecule has 4 aliphatic carbocycles. The van der Waals surface area contributed by atoms with E-state index in [2.05, 4.69) is 13.8 Å². The highest BCUT2D eigenvalue weighted by Crippen LogP contribution is 2.67. The molecule has 0 radical (unpaired) electrons. The van der Waals surface area contributed by atoms with E-state index in [-0.39, 0.29) is 6.10 Å². The van der Waals surface area contributed by atoms with Crippen LogP contribution in [0, 0.1) is 34.5 Å². The fourth-order valence-corrected chi connectivity index (χ4v) is 7.40. The Morgan fingerprint density at radius 3 is 2.11 bits per heavy atom. The van der Waals surface area contributed by atoms with Crippen molar-refractivity contribution in [3.63, 3.8) is 0 Å². The van der Waals surface area contributed by atoms with Crippen molar-refractivity contribution < 1.29 is 9.50 Å². The number of alkyl halides is 1. The van der Waals surface area contributed by atoms with Gasteiger partial charge in [-0.1, -0.05) is 34.1 Å². The van der Waals surface area contributed by atoms with Gasteiger partial charge in [0.1, 0.15) is 5.67 Å². The lowest BCUT2D eigenvalue weighted by Crippen LogP contribution is -2.54. The highest BCUT2D eigenvalue weighted by atomic mass is 19.1. The summed E-state index contributed by atoms with van der Waals surface area (Å²) in [6, 6.07) is 0. The Bertz CT molecular complexity index is 470. The van der Waals surface area contributed by atoms with Crippen LogP contribution in [0.5, 0.6) is 0 Å². The molecular weight excluding hydrogens is 335 g/mol. The molecule has 160 valence electrons. The maximum absolute atomic E-state index is 14.5. The topological polar surface area (TPSA) is 20.2 Å². The third kappa shape index (κ3) is 4.73. The van der Waals surface area contributed by atoms with E-state index in [4.69, 9.17) is 5.11 Å². The van der Waals surface area contributed by atoms with Crippen LogP contribution in [0.3, 0.4) is 0 Å².